The zero-order valence-corrected chi connectivity index (χ0v) is 11.9. The highest BCUT2D eigenvalue weighted by molar-refractivity contribution is 5.83. The monoisotopic (exact) mass is 275 g/mol. The van der Waals surface area contributed by atoms with Gasteiger partial charge in [0.2, 0.25) is 0 Å². The SMILES string of the molecule is CCOC(=O)N(C)CC(=O)NNC(=O)OC(C)(C)C. The van der Waals surface area contributed by atoms with E-state index in [0.717, 1.165) is 4.90 Å². The number of carbonyl (C=O) groups is 3. The molecule has 0 saturated carbocycles. The molecule has 0 atom stereocenters. The van der Waals surface area contributed by atoms with E-state index in [4.69, 9.17) is 9.47 Å². The van der Waals surface area contributed by atoms with E-state index in [2.05, 4.69) is 10.9 Å². The van der Waals surface area contributed by atoms with Crippen molar-refractivity contribution >= 4 is 18.1 Å². The average Bonchev–Trinajstić information content (AvgIpc) is 2.24. The predicted molar refractivity (Wildman–Crippen MR) is 67.2 cm³/mol. The lowest BCUT2D eigenvalue weighted by Gasteiger charge is -2.20. The molecule has 0 spiro atoms. The molecule has 0 aliphatic heterocycles. The van der Waals surface area contributed by atoms with E-state index in [0.29, 0.717) is 0 Å². The number of hydrogen-bond acceptors (Lipinski definition) is 5. The van der Waals surface area contributed by atoms with Gasteiger partial charge in [-0.3, -0.25) is 10.2 Å². The molecular formula is C11H21N3O5. The lowest BCUT2D eigenvalue weighted by atomic mass is 10.2. The van der Waals surface area contributed by atoms with E-state index in [1.807, 2.05) is 0 Å². The number of hydrazine groups is 1. The predicted octanol–water partition coefficient (Wildman–Crippen LogP) is 0.631. The Bertz CT molecular complexity index is 338. The van der Waals surface area contributed by atoms with Gasteiger partial charge in [-0.2, -0.15) is 0 Å². The molecule has 0 unspecified atom stereocenters. The van der Waals surface area contributed by atoms with Crippen LogP contribution in [0.4, 0.5) is 9.59 Å². The average molecular weight is 275 g/mol. The van der Waals surface area contributed by atoms with Crippen molar-refractivity contribution in [3.63, 3.8) is 0 Å². The second-order valence-corrected chi connectivity index (χ2v) is 4.73. The molecule has 8 heteroatoms. The molecule has 8 nitrogen and oxygen atoms in total. The maximum Gasteiger partial charge on any atom is 0.426 e. The molecule has 0 aromatic rings. The summed E-state index contributed by atoms with van der Waals surface area (Å²) in [4.78, 5) is 34.9. The summed E-state index contributed by atoms with van der Waals surface area (Å²) < 4.78 is 9.60. The number of amides is 3. The number of nitrogens with one attached hydrogen (secondary N) is 2. The maximum absolute atomic E-state index is 11.4. The molecule has 3 amide bonds. The summed E-state index contributed by atoms with van der Waals surface area (Å²) in [5.74, 6) is -0.568. The van der Waals surface area contributed by atoms with Crippen LogP contribution in [0.5, 0.6) is 0 Å². The Hall–Kier alpha value is -1.99. The molecule has 19 heavy (non-hydrogen) atoms. The quantitative estimate of drug-likeness (QED) is 0.736. The van der Waals surface area contributed by atoms with Gasteiger partial charge >= 0.3 is 12.2 Å². The Labute approximate surface area is 112 Å². The Kier molecular flexibility index (Phi) is 6.67. The van der Waals surface area contributed by atoms with Gasteiger partial charge in [-0.15, -0.1) is 0 Å². The lowest BCUT2D eigenvalue weighted by molar-refractivity contribution is -0.122. The van der Waals surface area contributed by atoms with Crippen LogP contribution < -0.4 is 10.9 Å². The summed E-state index contributed by atoms with van der Waals surface area (Å²) in [6.07, 6.45) is -1.39. The van der Waals surface area contributed by atoms with Crippen LogP contribution >= 0.6 is 0 Å². The van der Waals surface area contributed by atoms with Crippen molar-refractivity contribution in [1.29, 1.82) is 0 Å². The molecule has 0 aliphatic rings. The van der Waals surface area contributed by atoms with Gasteiger partial charge < -0.3 is 14.4 Å². The van der Waals surface area contributed by atoms with Gasteiger partial charge in [0, 0.05) is 7.05 Å². The first-order valence-electron chi connectivity index (χ1n) is 5.81. The van der Waals surface area contributed by atoms with Crippen molar-refractivity contribution in [3.05, 3.63) is 0 Å². The van der Waals surface area contributed by atoms with Crippen molar-refractivity contribution in [1.82, 2.24) is 15.8 Å². The molecule has 0 aromatic heterocycles. The maximum atomic E-state index is 11.4. The summed E-state index contributed by atoms with van der Waals surface area (Å²) in [5.41, 5.74) is 3.54. The molecule has 0 fully saturated rings. The molecule has 2 N–H and O–H groups in total. The molecule has 0 rings (SSSR count). The highest BCUT2D eigenvalue weighted by Gasteiger charge is 2.17. The first kappa shape index (κ1) is 17.0. The number of rotatable bonds is 3. The molecule has 110 valence electrons. The summed E-state index contributed by atoms with van der Waals surface area (Å²) in [7, 11) is 1.41. The van der Waals surface area contributed by atoms with Crippen LogP contribution in [0.15, 0.2) is 0 Å². The molecule has 0 radical (unpaired) electrons. The fourth-order valence-corrected chi connectivity index (χ4v) is 0.978. The molecule has 0 heterocycles. The smallest absolute Gasteiger partial charge is 0.426 e. The van der Waals surface area contributed by atoms with E-state index >= 15 is 0 Å². The van der Waals surface area contributed by atoms with Gasteiger partial charge in [-0.05, 0) is 27.7 Å². The van der Waals surface area contributed by atoms with E-state index in [1.165, 1.54) is 7.05 Å². The van der Waals surface area contributed by atoms with Gasteiger partial charge in [0.15, 0.2) is 0 Å². The van der Waals surface area contributed by atoms with Gasteiger partial charge in [0.1, 0.15) is 12.1 Å². The van der Waals surface area contributed by atoms with Crippen molar-refractivity contribution in [2.24, 2.45) is 0 Å². The van der Waals surface area contributed by atoms with Crippen LogP contribution in [0.2, 0.25) is 0 Å². The minimum Gasteiger partial charge on any atom is -0.450 e. The number of likely N-dealkylation sites (N-methyl/N-ethyl adjacent to an activating group) is 1. The van der Waals surface area contributed by atoms with Crippen LogP contribution in [-0.4, -0.2) is 48.8 Å². The van der Waals surface area contributed by atoms with E-state index in [1.54, 1.807) is 27.7 Å². The van der Waals surface area contributed by atoms with Crippen LogP contribution in [0.1, 0.15) is 27.7 Å². The van der Waals surface area contributed by atoms with Crippen LogP contribution in [0.25, 0.3) is 0 Å². The van der Waals surface area contributed by atoms with Crippen molar-refractivity contribution in [2.75, 3.05) is 20.2 Å². The number of carbonyl (C=O) groups excluding carboxylic acids is 3. The van der Waals surface area contributed by atoms with Gasteiger partial charge in [0.25, 0.3) is 5.91 Å². The van der Waals surface area contributed by atoms with Crippen molar-refractivity contribution < 1.29 is 23.9 Å². The van der Waals surface area contributed by atoms with E-state index < -0.39 is 23.7 Å². The Morgan fingerprint density at radius 1 is 1.16 bits per heavy atom. The summed E-state index contributed by atoms with van der Waals surface area (Å²) >= 11 is 0. The fraction of sp³-hybridized carbons (Fsp3) is 0.727. The molecule has 0 aromatic carbocycles. The standard InChI is InChI=1S/C11H21N3O5/c1-6-18-10(17)14(5)7-8(15)12-13-9(16)19-11(2,3)4/h6-7H2,1-5H3,(H,12,15)(H,13,16). The highest BCUT2D eigenvalue weighted by Crippen LogP contribution is 2.05. The van der Waals surface area contributed by atoms with Crippen molar-refractivity contribution in [2.45, 2.75) is 33.3 Å². The van der Waals surface area contributed by atoms with Crippen LogP contribution in [0, 0.1) is 0 Å². The fourth-order valence-electron chi connectivity index (χ4n) is 0.978. The van der Waals surface area contributed by atoms with Crippen LogP contribution in [-0.2, 0) is 14.3 Å². The number of nitrogens with zero attached hydrogens (tertiary/aromatic N) is 1. The topological polar surface area (TPSA) is 97.0 Å². The van der Waals surface area contributed by atoms with Crippen LogP contribution in [0.3, 0.4) is 0 Å². The second-order valence-electron chi connectivity index (χ2n) is 4.73. The summed E-state index contributed by atoms with van der Waals surface area (Å²) in [5, 5.41) is 0. The van der Waals surface area contributed by atoms with E-state index in [-0.39, 0.29) is 13.2 Å². The summed E-state index contributed by atoms with van der Waals surface area (Å²) in [6.45, 7) is 6.74. The molecular weight excluding hydrogens is 254 g/mol. The normalized spacial score (nSPS) is 10.4. The van der Waals surface area contributed by atoms with Crippen molar-refractivity contribution in [3.8, 4) is 0 Å². The zero-order valence-electron chi connectivity index (χ0n) is 11.9. The third-order valence-electron chi connectivity index (χ3n) is 1.66. The highest BCUT2D eigenvalue weighted by atomic mass is 16.6. The minimum atomic E-state index is -0.778. The second kappa shape index (κ2) is 7.45. The number of ether oxygens (including phenoxy) is 2. The Morgan fingerprint density at radius 2 is 1.74 bits per heavy atom. The number of hydrogen-bond donors (Lipinski definition) is 2. The van der Waals surface area contributed by atoms with Gasteiger partial charge in [0.05, 0.1) is 6.61 Å². The molecule has 0 bridgehead atoms. The molecule has 0 aliphatic carbocycles. The van der Waals surface area contributed by atoms with Gasteiger partial charge in [-0.25, -0.2) is 15.0 Å². The minimum absolute atomic E-state index is 0.223. The third-order valence-corrected chi connectivity index (χ3v) is 1.66. The summed E-state index contributed by atoms with van der Waals surface area (Å²) in [6, 6.07) is 0. The Morgan fingerprint density at radius 3 is 2.21 bits per heavy atom. The lowest BCUT2D eigenvalue weighted by Crippen LogP contribution is -2.48. The van der Waals surface area contributed by atoms with Gasteiger partial charge in [-0.1, -0.05) is 0 Å². The first-order chi connectivity index (χ1) is 8.65. The van der Waals surface area contributed by atoms with E-state index in [9.17, 15) is 14.4 Å². The first-order valence-corrected chi connectivity index (χ1v) is 5.81. The molecule has 0 saturated heterocycles. The largest absolute Gasteiger partial charge is 0.450 e. The Balaban J connectivity index is 3.99. The zero-order chi connectivity index (χ0) is 15.1. The third kappa shape index (κ3) is 8.70.